The van der Waals surface area contributed by atoms with Crippen molar-refractivity contribution in [2.24, 2.45) is 7.05 Å². The zero-order chi connectivity index (χ0) is 19.0. The highest BCUT2D eigenvalue weighted by Crippen LogP contribution is 2.31. The van der Waals surface area contributed by atoms with Crippen LogP contribution in [0.4, 0.5) is 11.6 Å². The van der Waals surface area contributed by atoms with Gasteiger partial charge in [0.25, 0.3) is 5.91 Å². The molecule has 3 heterocycles. The molecule has 0 fully saturated rings. The number of hydrogen-bond donors (Lipinski definition) is 3. The van der Waals surface area contributed by atoms with Crippen molar-refractivity contribution in [3.63, 3.8) is 0 Å². The molecule has 136 valence electrons. The molecule has 0 aliphatic heterocycles. The molecule has 4 rings (SSSR count). The van der Waals surface area contributed by atoms with Gasteiger partial charge in [-0.25, -0.2) is 4.68 Å². The van der Waals surface area contributed by atoms with Gasteiger partial charge in [0.15, 0.2) is 5.82 Å². The predicted molar refractivity (Wildman–Crippen MR) is 102 cm³/mol. The lowest BCUT2D eigenvalue weighted by Gasteiger charge is -2.07. The van der Waals surface area contributed by atoms with Gasteiger partial charge in [0.1, 0.15) is 5.69 Å². The van der Waals surface area contributed by atoms with Crippen LogP contribution in [-0.4, -0.2) is 42.9 Å². The minimum Gasteiger partial charge on any atom is -0.354 e. The average molecular weight is 383 g/mol. The molecule has 3 N–H and O–H groups in total. The van der Waals surface area contributed by atoms with E-state index in [4.69, 9.17) is 11.6 Å². The van der Waals surface area contributed by atoms with E-state index in [1.54, 1.807) is 43.3 Å². The molecule has 0 aliphatic rings. The van der Waals surface area contributed by atoms with Gasteiger partial charge in [-0.05, 0) is 24.3 Å². The Morgan fingerprint density at radius 1 is 1.22 bits per heavy atom. The van der Waals surface area contributed by atoms with E-state index in [9.17, 15) is 4.79 Å². The Hall–Kier alpha value is -3.46. The summed E-state index contributed by atoms with van der Waals surface area (Å²) in [6.45, 7) is 0. The molecule has 10 heteroatoms. The summed E-state index contributed by atoms with van der Waals surface area (Å²) in [5, 5.41) is 18.3. The Labute approximate surface area is 158 Å². The van der Waals surface area contributed by atoms with Crippen LogP contribution in [-0.2, 0) is 7.05 Å². The van der Waals surface area contributed by atoms with Crippen LogP contribution in [0.2, 0.25) is 5.02 Å². The van der Waals surface area contributed by atoms with Crippen molar-refractivity contribution in [2.75, 3.05) is 12.4 Å². The highest BCUT2D eigenvalue weighted by Gasteiger charge is 2.14. The van der Waals surface area contributed by atoms with Crippen LogP contribution >= 0.6 is 11.6 Å². The molecule has 0 saturated heterocycles. The number of nitrogens with zero attached hydrogens (tertiary/aromatic N) is 5. The highest BCUT2D eigenvalue weighted by molar-refractivity contribution is 6.38. The number of pyridine rings is 1. The fourth-order valence-corrected chi connectivity index (χ4v) is 2.86. The third kappa shape index (κ3) is 3.08. The van der Waals surface area contributed by atoms with Crippen molar-refractivity contribution in [3.8, 4) is 11.4 Å². The molecule has 27 heavy (non-hydrogen) atoms. The van der Waals surface area contributed by atoms with Gasteiger partial charge in [0.05, 0.1) is 22.4 Å². The number of hydrogen-bond acceptors (Lipinski definition) is 6. The molecule has 0 bridgehead atoms. The second-order valence-corrected chi connectivity index (χ2v) is 6.16. The maximum atomic E-state index is 11.6. The lowest BCUT2D eigenvalue weighted by atomic mass is 10.2. The number of carbonyl (C=O) groups is 1. The van der Waals surface area contributed by atoms with E-state index in [1.165, 1.54) is 0 Å². The Bertz CT molecular complexity index is 1130. The summed E-state index contributed by atoms with van der Waals surface area (Å²) in [6.07, 6.45) is 3.23. The lowest BCUT2D eigenvalue weighted by Crippen LogP contribution is -2.18. The van der Waals surface area contributed by atoms with Crippen LogP contribution in [0.3, 0.4) is 0 Å². The molecule has 0 atom stereocenters. The fourth-order valence-electron chi connectivity index (χ4n) is 2.60. The molecular weight excluding hydrogens is 368 g/mol. The lowest BCUT2D eigenvalue weighted by molar-refractivity contribution is 0.0958. The third-order valence-electron chi connectivity index (χ3n) is 4.05. The first-order valence-electron chi connectivity index (χ1n) is 8.05. The zero-order valence-corrected chi connectivity index (χ0v) is 15.2. The minimum atomic E-state index is -0.248. The van der Waals surface area contributed by atoms with Crippen LogP contribution < -0.4 is 10.6 Å². The number of anilines is 2. The monoisotopic (exact) mass is 382 g/mol. The van der Waals surface area contributed by atoms with Gasteiger partial charge in [-0.2, -0.15) is 10.1 Å². The largest absolute Gasteiger partial charge is 0.354 e. The molecule has 1 aromatic carbocycles. The first-order chi connectivity index (χ1) is 13.1. The van der Waals surface area contributed by atoms with Crippen LogP contribution in [0.5, 0.6) is 0 Å². The van der Waals surface area contributed by atoms with E-state index < -0.39 is 0 Å². The summed E-state index contributed by atoms with van der Waals surface area (Å²) in [5.41, 5.74) is 2.57. The quantitative estimate of drug-likeness (QED) is 0.499. The Kier molecular flexibility index (Phi) is 4.21. The number of aromatic amines is 1. The number of halogens is 1. The number of H-pyrrole nitrogens is 1. The zero-order valence-electron chi connectivity index (χ0n) is 14.5. The van der Waals surface area contributed by atoms with Gasteiger partial charge in [-0.15, -0.1) is 5.10 Å². The van der Waals surface area contributed by atoms with Crippen molar-refractivity contribution in [1.82, 2.24) is 35.3 Å². The number of aromatic nitrogens is 6. The van der Waals surface area contributed by atoms with E-state index >= 15 is 0 Å². The van der Waals surface area contributed by atoms with Crippen molar-refractivity contribution >= 4 is 40.0 Å². The van der Waals surface area contributed by atoms with Crippen LogP contribution in [0, 0.1) is 0 Å². The van der Waals surface area contributed by atoms with Crippen molar-refractivity contribution in [2.45, 2.75) is 0 Å². The van der Waals surface area contributed by atoms with Crippen LogP contribution in [0.15, 0.2) is 36.7 Å². The second-order valence-electron chi connectivity index (χ2n) is 5.78. The molecule has 0 aliphatic carbocycles. The summed E-state index contributed by atoms with van der Waals surface area (Å²) in [4.78, 5) is 20.2. The van der Waals surface area contributed by atoms with Gasteiger partial charge < -0.3 is 10.6 Å². The number of rotatable bonds is 4. The predicted octanol–water partition coefficient (Wildman–Crippen LogP) is 2.51. The van der Waals surface area contributed by atoms with E-state index in [-0.39, 0.29) is 5.91 Å². The molecule has 3 aromatic heterocycles. The number of amides is 1. The molecule has 0 saturated carbocycles. The van der Waals surface area contributed by atoms with E-state index in [2.05, 4.69) is 35.9 Å². The van der Waals surface area contributed by atoms with E-state index in [0.717, 1.165) is 10.9 Å². The Morgan fingerprint density at radius 3 is 2.81 bits per heavy atom. The molecular formula is C17H15ClN8O. The molecule has 0 spiro atoms. The van der Waals surface area contributed by atoms with Gasteiger partial charge in [-0.3, -0.25) is 14.9 Å². The van der Waals surface area contributed by atoms with E-state index in [0.29, 0.717) is 33.7 Å². The summed E-state index contributed by atoms with van der Waals surface area (Å²) in [5.74, 6) is 0.753. The first kappa shape index (κ1) is 17.0. The van der Waals surface area contributed by atoms with Crippen LogP contribution in [0.25, 0.3) is 22.3 Å². The fraction of sp³-hybridized carbons (Fsp3) is 0.118. The topological polar surface area (TPSA) is 113 Å². The van der Waals surface area contributed by atoms with Gasteiger partial charge in [0.2, 0.25) is 5.95 Å². The number of benzene rings is 1. The summed E-state index contributed by atoms with van der Waals surface area (Å²) >= 11 is 6.44. The Balaban J connectivity index is 1.63. The second kappa shape index (κ2) is 6.69. The molecule has 0 radical (unpaired) electrons. The number of fused-ring (bicyclic) bond motifs is 1. The number of carbonyl (C=O) groups excluding carboxylic acids is 1. The van der Waals surface area contributed by atoms with Crippen LogP contribution in [0.1, 0.15) is 10.5 Å². The smallest absolute Gasteiger partial charge is 0.269 e. The normalized spacial score (nSPS) is 10.9. The van der Waals surface area contributed by atoms with Gasteiger partial charge in [0, 0.05) is 31.2 Å². The van der Waals surface area contributed by atoms with Crippen molar-refractivity contribution in [1.29, 1.82) is 0 Å². The SMILES string of the molecule is CNC(=O)c1ccc(-c2nc(Nc3ccc4[nH]ncc4c3Cl)n(C)n2)cn1. The van der Waals surface area contributed by atoms with Gasteiger partial charge in [-0.1, -0.05) is 11.6 Å². The average Bonchev–Trinajstić information content (AvgIpc) is 3.31. The summed E-state index contributed by atoms with van der Waals surface area (Å²) in [7, 11) is 3.33. The molecule has 0 unspecified atom stereocenters. The minimum absolute atomic E-state index is 0.248. The highest BCUT2D eigenvalue weighted by atomic mass is 35.5. The third-order valence-corrected chi connectivity index (χ3v) is 4.46. The first-order valence-corrected chi connectivity index (χ1v) is 8.43. The number of aryl methyl sites for hydroxylation is 1. The maximum absolute atomic E-state index is 11.6. The number of nitrogens with one attached hydrogen (secondary N) is 3. The maximum Gasteiger partial charge on any atom is 0.269 e. The molecule has 1 amide bonds. The standard InChI is InChI=1S/C17H15ClN8O/c1-19-16(27)13-4-3-9(7-20-13)15-23-17(26(2)25-15)22-12-6-5-11-10(14(12)18)8-21-24-11/h3-8H,1-2H3,(H,19,27)(H,21,24)(H,22,23,25). The van der Waals surface area contributed by atoms with Crippen molar-refractivity contribution < 1.29 is 4.79 Å². The molecule has 4 aromatic rings. The Morgan fingerprint density at radius 2 is 2.07 bits per heavy atom. The van der Waals surface area contributed by atoms with Crippen molar-refractivity contribution in [3.05, 3.63) is 47.4 Å². The molecule has 9 nitrogen and oxygen atoms in total. The van der Waals surface area contributed by atoms with Gasteiger partial charge >= 0.3 is 0 Å². The van der Waals surface area contributed by atoms with E-state index in [1.807, 2.05) is 12.1 Å². The summed E-state index contributed by atoms with van der Waals surface area (Å²) in [6, 6.07) is 7.11. The summed E-state index contributed by atoms with van der Waals surface area (Å²) < 4.78 is 1.61.